The molecular formula is C24H20N2O3S. The van der Waals surface area contributed by atoms with Crippen LogP contribution in [-0.4, -0.2) is 20.5 Å². The Morgan fingerprint density at radius 2 is 1.80 bits per heavy atom. The fourth-order valence-electron chi connectivity index (χ4n) is 3.38. The molecule has 0 aliphatic heterocycles. The van der Waals surface area contributed by atoms with E-state index in [2.05, 4.69) is 23.2 Å². The number of carboxylic acid groups (broad SMARTS) is 1. The molecule has 4 rings (SSSR count). The van der Waals surface area contributed by atoms with Gasteiger partial charge in [0.2, 0.25) is 0 Å². The predicted octanol–water partition coefficient (Wildman–Crippen LogP) is 5.22. The molecule has 4 aromatic rings. The van der Waals surface area contributed by atoms with Crippen LogP contribution in [0.4, 0.5) is 0 Å². The van der Waals surface area contributed by atoms with Crippen molar-refractivity contribution in [1.82, 2.24) is 9.38 Å². The summed E-state index contributed by atoms with van der Waals surface area (Å²) in [5.74, 6) is -1.08. The van der Waals surface area contributed by atoms with Crippen molar-refractivity contribution in [3.63, 3.8) is 0 Å². The number of hydrogen-bond acceptors (Lipinski definition) is 4. The molecule has 0 atom stereocenters. The number of carbonyl (C=O) groups is 1. The number of carboxylic acids is 1. The average molecular weight is 417 g/mol. The number of thiazole rings is 1. The molecule has 6 heteroatoms. The fourth-order valence-corrected chi connectivity index (χ4v) is 4.36. The van der Waals surface area contributed by atoms with Crippen LogP contribution in [0.15, 0.2) is 53.3 Å². The summed E-state index contributed by atoms with van der Waals surface area (Å²) in [6.45, 7) is 5.78. The third-order valence-electron chi connectivity index (χ3n) is 5.04. The zero-order chi connectivity index (χ0) is 21.4. The van der Waals surface area contributed by atoms with Gasteiger partial charge in [0.05, 0.1) is 11.4 Å². The third kappa shape index (κ3) is 3.46. The molecule has 150 valence electrons. The highest BCUT2D eigenvalue weighted by Gasteiger charge is 2.22. The Labute approximate surface area is 177 Å². The number of benzene rings is 2. The van der Waals surface area contributed by atoms with E-state index in [1.807, 2.05) is 44.2 Å². The molecule has 2 aromatic carbocycles. The van der Waals surface area contributed by atoms with E-state index in [1.165, 1.54) is 4.40 Å². The van der Waals surface area contributed by atoms with Crippen LogP contribution in [0.3, 0.4) is 0 Å². The lowest BCUT2D eigenvalue weighted by molar-refractivity contribution is 0.0702. The molecule has 0 unspecified atom stereocenters. The highest BCUT2D eigenvalue weighted by molar-refractivity contribution is 7.19. The Bertz CT molecular complexity index is 1360. The molecule has 0 aliphatic carbocycles. The first-order chi connectivity index (χ1) is 14.4. The number of aryl methyl sites for hydroxylation is 2. The number of hydrogen-bond donors (Lipinski definition) is 1. The lowest BCUT2D eigenvalue weighted by Gasteiger charge is -2.06. The standard InChI is InChI=1S/C24H20N2O3S/c1-14-9-10-15(2)18(13-14)11-12-19-16(3)22(27)26-20(17-7-5-4-6-8-17)21(23(28)29)30-24(26)25-19/h4-13H,1-3H3,(H,28,29)/b12-11+. The first-order valence-electron chi connectivity index (χ1n) is 9.47. The van der Waals surface area contributed by atoms with Gasteiger partial charge in [-0.15, -0.1) is 0 Å². The lowest BCUT2D eigenvalue weighted by atomic mass is 10.0. The van der Waals surface area contributed by atoms with E-state index >= 15 is 0 Å². The van der Waals surface area contributed by atoms with Crippen LogP contribution in [-0.2, 0) is 0 Å². The summed E-state index contributed by atoms with van der Waals surface area (Å²) in [4.78, 5) is 30.2. The summed E-state index contributed by atoms with van der Waals surface area (Å²) in [5, 5.41) is 9.72. The van der Waals surface area contributed by atoms with Gasteiger partial charge in [-0.25, -0.2) is 14.2 Å². The molecule has 0 amide bonds. The van der Waals surface area contributed by atoms with Crippen molar-refractivity contribution in [3.05, 3.63) is 91.7 Å². The molecule has 30 heavy (non-hydrogen) atoms. The monoisotopic (exact) mass is 416 g/mol. The summed E-state index contributed by atoms with van der Waals surface area (Å²) in [7, 11) is 0. The van der Waals surface area contributed by atoms with Gasteiger partial charge in [-0.1, -0.05) is 71.5 Å². The van der Waals surface area contributed by atoms with Gasteiger partial charge in [0.25, 0.3) is 5.56 Å². The summed E-state index contributed by atoms with van der Waals surface area (Å²) in [6, 6.07) is 15.3. The van der Waals surface area contributed by atoms with E-state index in [1.54, 1.807) is 19.1 Å². The maximum atomic E-state index is 13.2. The molecule has 1 N–H and O–H groups in total. The van der Waals surface area contributed by atoms with Crippen LogP contribution < -0.4 is 5.56 Å². The van der Waals surface area contributed by atoms with Gasteiger partial charge in [0, 0.05) is 11.1 Å². The van der Waals surface area contributed by atoms with Crippen LogP contribution in [0.25, 0.3) is 28.4 Å². The zero-order valence-electron chi connectivity index (χ0n) is 16.8. The second-order valence-corrected chi connectivity index (χ2v) is 8.17. The zero-order valence-corrected chi connectivity index (χ0v) is 17.7. The fraction of sp³-hybridized carbons (Fsp3) is 0.125. The van der Waals surface area contributed by atoms with Crippen LogP contribution in [0.1, 0.15) is 37.6 Å². The number of aromatic nitrogens is 2. The largest absolute Gasteiger partial charge is 0.477 e. The molecule has 5 nitrogen and oxygen atoms in total. The minimum atomic E-state index is -1.08. The van der Waals surface area contributed by atoms with Gasteiger partial charge >= 0.3 is 5.97 Å². The SMILES string of the molecule is Cc1ccc(C)c(/C=C/c2nc3sc(C(=O)O)c(-c4ccccc4)n3c(=O)c2C)c1. The lowest BCUT2D eigenvalue weighted by Crippen LogP contribution is -2.19. The summed E-state index contributed by atoms with van der Waals surface area (Å²) in [6.07, 6.45) is 3.76. The summed E-state index contributed by atoms with van der Waals surface area (Å²) in [5.41, 5.74) is 5.12. The van der Waals surface area contributed by atoms with E-state index in [0.29, 0.717) is 27.5 Å². The van der Waals surface area contributed by atoms with Crippen LogP contribution >= 0.6 is 11.3 Å². The van der Waals surface area contributed by atoms with Crippen molar-refractivity contribution >= 4 is 34.4 Å². The molecule has 0 saturated heterocycles. The van der Waals surface area contributed by atoms with Crippen molar-refractivity contribution in [1.29, 1.82) is 0 Å². The molecule has 0 bridgehead atoms. The van der Waals surface area contributed by atoms with E-state index in [-0.39, 0.29) is 10.4 Å². The quantitative estimate of drug-likeness (QED) is 0.495. The van der Waals surface area contributed by atoms with Gasteiger partial charge < -0.3 is 5.11 Å². The van der Waals surface area contributed by atoms with Crippen molar-refractivity contribution in [2.24, 2.45) is 0 Å². The van der Waals surface area contributed by atoms with Gasteiger partial charge in [-0.05, 0) is 38.0 Å². The molecule has 0 saturated carbocycles. The Hall–Kier alpha value is -3.51. The Balaban J connectivity index is 1.93. The number of fused-ring (bicyclic) bond motifs is 1. The second-order valence-electron chi connectivity index (χ2n) is 7.19. The van der Waals surface area contributed by atoms with Crippen molar-refractivity contribution in [2.75, 3.05) is 0 Å². The highest BCUT2D eigenvalue weighted by Crippen LogP contribution is 2.31. The summed E-state index contributed by atoms with van der Waals surface area (Å²) >= 11 is 1.01. The normalized spacial score (nSPS) is 11.4. The Morgan fingerprint density at radius 1 is 1.07 bits per heavy atom. The first-order valence-corrected chi connectivity index (χ1v) is 10.3. The maximum absolute atomic E-state index is 13.2. The maximum Gasteiger partial charge on any atom is 0.348 e. The topological polar surface area (TPSA) is 71.7 Å². The van der Waals surface area contributed by atoms with Gasteiger partial charge in [-0.3, -0.25) is 4.79 Å². The minimum Gasteiger partial charge on any atom is -0.477 e. The third-order valence-corrected chi connectivity index (χ3v) is 6.07. The molecule has 0 radical (unpaired) electrons. The molecule has 0 aliphatic rings. The smallest absolute Gasteiger partial charge is 0.348 e. The average Bonchev–Trinajstić information content (AvgIpc) is 3.12. The highest BCUT2D eigenvalue weighted by atomic mass is 32.1. The second kappa shape index (κ2) is 7.72. The van der Waals surface area contributed by atoms with E-state index < -0.39 is 5.97 Å². The van der Waals surface area contributed by atoms with Crippen molar-refractivity contribution < 1.29 is 9.90 Å². The molecule has 2 aromatic heterocycles. The Kier molecular flexibility index (Phi) is 5.10. The van der Waals surface area contributed by atoms with Gasteiger partial charge in [0.1, 0.15) is 4.88 Å². The van der Waals surface area contributed by atoms with Crippen LogP contribution in [0, 0.1) is 20.8 Å². The predicted molar refractivity (Wildman–Crippen MR) is 121 cm³/mol. The number of rotatable bonds is 4. The van der Waals surface area contributed by atoms with Crippen molar-refractivity contribution in [3.8, 4) is 11.3 Å². The van der Waals surface area contributed by atoms with Crippen molar-refractivity contribution in [2.45, 2.75) is 20.8 Å². The van der Waals surface area contributed by atoms with E-state index in [9.17, 15) is 14.7 Å². The molecule has 0 spiro atoms. The molecular weight excluding hydrogens is 396 g/mol. The van der Waals surface area contributed by atoms with Gasteiger partial charge in [-0.2, -0.15) is 0 Å². The Morgan fingerprint density at radius 3 is 2.50 bits per heavy atom. The van der Waals surface area contributed by atoms with E-state index in [0.717, 1.165) is 28.0 Å². The minimum absolute atomic E-state index is 0.0980. The van der Waals surface area contributed by atoms with E-state index in [4.69, 9.17) is 0 Å². The summed E-state index contributed by atoms with van der Waals surface area (Å²) < 4.78 is 1.41. The molecule has 0 fully saturated rings. The first kappa shape index (κ1) is 19.8. The van der Waals surface area contributed by atoms with Crippen LogP contribution in [0.2, 0.25) is 0 Å². The molecule has 2 heterocycles. The van der Waals surface area contributed by atoms with Crippen LogP contribution in [0.5, 0.6) is 0 Å². The van der Waals surface area contributed by atoms with Gasteiger partial charge in [0.15, 0.2) is 4.96 Å². The number of nitrogens with zero attached hydrogens (tertiary/aromatic N) is 2. The number of aromatic carboxylic acids is 1.